The molecule has 2 amide bonds. The summed E-state index contributed by atoms with van der Waals surface area (Å²) in [5, 5.41) is 7.71. The highest BCUT2D eigenvalue weighted by Crippen LogP contribution is 2.18. The Labute approximate surface area is 156 Å². The molecule has 0 saturated heterocycles. The molecule has 4 rings (SSSR count). The van der Waals surface area contributed by atoms with Crippen LogP contribution in [-0.4, -0.2) is 34.5 Å². The van der Waals surface area contributed by atoms with Crippen LogP contribution in [-0.2, 0) is 7.05 Å². The van der Waals surface area contributed by atoms with Gasteiger partial charge in [0.2, 0.25) is 0 Å². The summed E-state index contributed by atoms with van der Waals surface area (Å²) in [7, 11) is 1.87. The number of amides is 2. The van der Waals surface area contributed by atoms with Crippen molar-refractivity contribution in [1.29, 1.82) is 0 Å². The fraction of sp³-hybridized carbons (Fsp3) is 0.143. The summed E-state index contributed by atoms with van der Waals surface area (Å²) in [5.74, 6) is -0.311. The standard InChI is InChI=1S/C21H20N4O2/c1-25-18-5-3-2-4-15(18)13-19(25)21(27)24-11-10-23-20(26)16-6-7-17-14(12-16)8-9-22-17/h2-9,12-13,22H,10-11H2,1H3,(H,23,26)(H,24,27). The van der Waals surface area contributed by atoms with Crippen molar-refractivity contribution in [2.24, 2.45) is 7.05 Å². The van der Waals surface area contributed by atoms with Crippen LogP contribution in [0.4, 0.5) is 0 Å². The number of aryl methyl sites for hydroxylation is 1. The maximum Gasteiger partial charge on any atom is 0.267 e. The number of hydrogen-bond donors (Lipinski definition) is 3. The Morgan fingerprint density at radius 2 is 1.70 bits per heavy atom. The van der Waals surface area contributed by atoms with Crippen LogP contribution in [0.1, 0.15) is 20.8 Å². The Hall–Kier alpha value is -3.54. The lowest BCUT2D eigenvalue weighted by Crippen LogP contribution is -2.35. The van der Waals surface area contributed by atoms with Gasteiger partial charge in [0, 0.05) is 53.7 Å². The van der Waals surface area contributed by atoms with Gasteiger partial charge in [0.05, 0.1) is 0 Å². The van der Waals surface area contributed by atoms with E-state index in [2.05, 4.69) is 15.6 Å². The van der Waals surface area contributed by atoms with E-state index in [4.69, 9.17) is 0 Å². The van der Waals surface area contributed by atoms with Crippen LogP contribution < -0.4 is 10.6 Å². The molecule has 0 unspecified atom stereocenters. The monoisotopic (exact) mass is 360 g/mol. The Morgan fingerprint density at radius 3 is 2.52 bits per heavy atom. The van der Waals surface area contributed by atoms with Crippen LogP contribution >= 0.6 is 0 Å². The van der Waals surface area contributed by atoms with Crippen LogP contribution in [0.2, 0.25) is 0 Å². The van der Waals surface area contributed by atoms with Gasteiger partial charge >= 0.3 is 0 Å². The molecule has 0 atom stereocenters. The Bertz CT molecular complexity index is 1140. The number of para-hydroxylation sites is 1. The highest BCUT2D eigenvalue weighted by Gasteiger charge is 2.13. The lowest BCUT2D eigenvalue weighted by molar-refractivity contribution is 0.0923. The van der Waals surface area contributed by atoms with Gasteiger partial charge in [-0.25, -0.2) is 0 Å². The smallest absolute Gasteiger partial charge is 0.267 e. The molecule has 0 aliphatic rings. The number of carbonyl (C=O) groups is 2. The molecule has 27 heavy (non-hydrogen) atoms. The minimum Gasteiger partial charge on any atom is -0.361 e. The first-order valence-electron chi connectivity index (χ1n) is 8.81. The SMILES string of the molecule is Cn1c(C(=O)NCCNC(=O)c2ccc3[nH]ccc3c2)cc2ccccc21. The first kappa shape index (κ1) is 16.9. The molecule has 2 heterocycles. The summed E-state index contributed by atoms with van der Waals surface area (Å²) in [4.78, 5) is 27.8. The van der Waals surface area contributed by atoms with Gasteiger partial charge in [-0.2, -0.15) is 0 Å². The van der Waals surface area contributed by atoms with E-state index in [0.717, 1.165) is 21.8 Å². The predicted octanol–water partition coefficient (Wildman–Crippen LogP) is 2.82. The van der Waals surface area contributed by atoms with Crippen LogP contribution in [0, 0.1) is 0 Å². The summed E-state index contributed by atoms with van der Waals surface area (Å²) in [5.41, 5.74) is 3.20. The zero-order chi connectivity index (χ0) is 18.8. The van der Waals surface area contributed by atoms with Crippen molar-refractivity contribution < 1.29 is 9.59 Å². The van der Waals surface area contributed by atoms with Gasteiger partial charge in [-0.3, -0.25) is 9.59 Å². The molecule has 4 aromatic rings. The van der Waals surface area contributed by atoms with E-state index in [1.807, 2.05) is 66.3 Å². The molecule has 2 aromatic heterocycles. The lowest BCUT2D eigenvalue weighted by Gasteiger charge is -2.08. The third kappa shape index (κ3) is 3.29. The molecule has 0 spiro atoms. The number of H-pyrrole nitrogens is 1. The van der Waals surface area contributed by atoms with Crippen molar-refractivity contribution in [2.45, 2.75) is 0 Å². The van der Waals surface area contributed by atoms with E-state index in [1.165, 1.54) is 0 Å². The molecule has 6 heteroatoms. The van der Waals surface area contributed by atoms with Gasteiger partial charge in [-0.15, -0.1) is 0 Å². The quantitative estimate of drug-likeness (QED) is 0.479. The number of fused-ring (bicyclic) bond motifs is 2. The number of nitrogens with zero attached hydrogens (tertiary/aromatic N) is 1. The van der Waals surface area contributed by atoms with Crippen molar-refractivity contribution in [2.75, 3.05) is 13.1 Å². The topological polar surface area (TPSA) is 78.9 Å². The minimum atomic E-state index is -0.156. The molecule has 0 saturated carbocycles. The summed E-state index contributed by atoms with van der Waals surface area (Å²) in [6.07, 6.45) is 1.84. The summed E-state index contributed by atoms with van der Waals surface area (Å²) < 4.78 is 1.87. The molecule has 0 aliphatic carbocycles. The lowest BCUT2D eigenvalue weighted by atomic mass is 10.1. The van der Waals surface area contributed by atoms with Crippen molar-refractivity contribution in [1.82, 2.24) is 20.2 Å². The van der Waals surface area contributed by atoms with E-state index in [0.29, 0.717) is 24.3 Å². The fourth-order valence-corrected chi connectivity index (χ4v) is 3.25. The third-order valence-electron chi connectivity index (χ3n) is 4.70. The van der Waals surface area contributed by atoms with Gasteiger partial charge in [0.1, 0.15) is 5.69 Å². The molecule has 3 N–H and O–H groups in total. The average Bonchev–Trinajstić information content (AvgIpc) is 3.29. The molecule has 2 aromatic carbocycles. The Balaban J connectivity index is 1.33. The molecular weight excluding hydrogens is 340 g/mol. The second-order valence-electron chi connectivity index (χ2n) is 6.44. The molecule has 0 bridgehead atoms. The summed E-state index contributed by atoms with van der Waals surface area (Å²) in [6.45, 7) is 0.720. The number of aromatic amines is 1. The van der Waals surface area contributed by atoms with Crippen LogP contribution in [0.3, 0.4) is 0 Å². The van der Waals surface area contributed by atoms with Gasteiger partial charge in [-0.05, 0) is 36.4 Å². The molecule has 0 fully saturated rings. The van der Waals surface area contributed by atoms with Gasteiger partial charge < -0.3 is 20.2 Å². The molecule has 0 aliphatic heterocycles. The van der Waals surface area contributed by atoms with E-state index >= 15 is 0 Å². The van der Waals surface area contributed by atoms with Crippen molar-refractivity contribution in [3.8, 4) is 0 Å². The van der Waals surface area contributed by atoms with Gasteiger partial charge in [0.25, 0.3) is 11.8 Å². The van der Waals surface area contributed by atoms with Crippen molar-refractivity contribution in [3.05, 3.63) is 72.1 Å². The Kier molecular flexibility index (Phi) is 4.38. The van der Waals surface area contributed by atoms with Crippen LogP contribution in [0.5, 0.6) is 0 Å². The number of hydrogen-bond acceptors (Lipinski definition) is 2. The molecule has 136 valence electrons. The van der Waals surface area contributed by atoms with Crippen molar-refractivity contribution >= 4 is 33.6 Å². The van der Waals surface area contributed by atoms with Crippen LogP contribution in [0.25, 0.3) is 21.8 Å². The predicted molar refractivity (Wildman–Crippen MR) is 106 cm³/mol. The van der Waals surface area contributed by atoms with Gasteiger partial charge in [-0.1, -0.05) is 18.2 Å². The molecule has 6 nitrogen and oxygen atoms in total. The molecule has 0 radical (unpaired) electrons. The Morgan fingerprint density at radius 1 is 0.926 bits per heavy atom. The van der Waals surface area contributed by atoms with E-state index in [1.54, 1.807) is 6.07 Å². The van der Waals surface area contributed by atoms with Gasteiger partial charge in [0.15, 0.2) is 0 Å². The minimum absolute atomic E-state index is 0.156. The summed E-state index contributed by atoms with van der Waals surface area (Å²) in [6, 6.07) is 17.2. The largest absolute Gasteiger partial charge is 0.361 e. The second kappa shape index (κ2) is 6.99. The average molecular weight is 360 g/mol. The van der Waals surface area contributed by atoms with E-state index < -0.39 is 0 Å². The zero-order valence-corrected chi connectivity index (χ0v) is 15.0. The third-order valence-corrected chi connectivity index (χ3v) is 4.70. The number of carbonyl (C=O) groups excluding carboxylic acids is 2. The van der Waals surface area contributed by atoms with Crippen molar-refractivity contribution in [3.63, 3.8) is 0 Å². The molecular formula is C21H20N4O2. The fourth-order valence-electron chi connectivity index (χ4n) is 3.25. The zero-order valence-electron chi connectivity index (χ0n) is 15.0. The summed E-state index contributed by atoms with van der Waals surface area (Å²) >= 11 is 0. The second-order valence-corrected chi connectivity index (χ2v) is 6.44. The highest BCUT2D eigenvalue weighted by molar-refractivity contribution is 5.99. The van der Waals surface area contributed by atoms with E-state index in [9.17, 15) is 9.59 Å². The number of rotatable bonds is 5. The maximum absolute atomic E-state index is 12.4. The first-order chi connectivity index (χ1) is 13.1. The van der Waals surface area contributed by atoms with E-state index in [-0.39, 0.29) is 11.8 Å². The highest BCUT2D eigenvalue weighted by atomic mass is 16.2. The number of benzene rings is 2. The first-order valence-corrected chi connectivity index (χ1v) is 8.81. The maximum atomic E-state index is 12.4. The number of aromatic nitrogens is 2. The normalized spacial score (nSPS) is 11.0. The van der Waals surface area contributed by atoms with Crippen LogP contribution in [0.15, 0.2) is 60.8 Å². The number of nitrogens with one attached hydrogen (secondary N) is 3.